The van der Waals surface area contributed by atoms with E-state index in [-0.39, 0.29) is 19.7 Å². The van der Waals surface area contributed by atoms with Crippen molar-refractivity contribution in [2.24, 2.45) is 11.3 Å². The van der Waals surface area contributed by atoms with Gasteiger partial charge >= 0.3 is 11.9 Å². The lowest BCUT2D eigenvalue weighted by Crippen LogP contribution is -2.71. The van der Waals surface area contributed by atoms with Gasteiger partial charge in [0.2, 0.25) is 0 Å². The number of β-amino-alcohol motifs (C(OH)–C–C–N with tert-alkyl or cyclic N) is 1. The minimum absolute atomic E-state index is 0.143. The van der Waals surface area contributed by atoms with E-state index in [2.05, 4.69) is 0 Å². The van der Waals surface area contributed by atoms with Gasteiger partial charge in [0.15, 0.2) is 29.8 Å². The molecule has 40 heavy (non-hydrogen) atoms. The SMILES string of the molecule is CC(=O)[C@H]1[C@@H](C(=O)O)N([N@+]2(CC(C)(C)C)C(=O)CO[C@H](c3cccc4c3OCCO4)c3cc(Cl)ccc32)C[C@@H]1O. The summed E-state index contributed by atoms with van der Waals surface area (Å²) in [6.07, 6.45) is -2.07. The molecule has 0 spiro atoms. The molecule has 10 nitrogen and oxygen atoms in total. The van der Waals surface area contributed by atoms with E-state index in [0.29, 0.717) is 46.5 Å². The van der Waals surface area contributed by atoms with E-state index in [9.17, 15) is 24.6 Å². The lowest BCUT2D eigenvalue weighted by molar-refractivity contribution is -0.166. The van der Waals surface area contributed by atoms with Gasteiger partial charge in [0, 0.05) is 22.1 Å². The van der Waals surface area contributed by atoms with Crippen LogP contribution in [0.5, 0.6) is 11.5 Å². The number of carbonyl (C=O) groups is 3. The predicted molar refractivity (Wildman–Crippen MR) is 146 cm³/mol. The number of benzene rings is 2. The third-order valence-corrected chi connectivity index (χ3v) is 7.88. The van der Waals surface area contributed by atoms with Crippen molar-refractivity contribution < 1.29 is 38.8 Å². The standard InChI is InChI=1S/C29H33ClN2O8/c1-16(33)24-21(34)13-31(25(24)28(36)37)32(15-29(2,3)4)20-9-8-17(30)12-19(20)26(40-14-23(32)35)18-6-5-7-22-27(18)39-11-10-38-22/h5-9,12,21,24-26,34H,10-11,13-15H2,1-4H3/p+1/t21-,24+,25-,26+,32-/m0/s1. The van der Waals surface area contributed by atoms with Crippen LogP contribution in [0.25, 0.3) is 0 Å². The summed E-state index contributed by atoms with van der Waals surface area (Å²) in [6.45, 7) is 7.42. The van der Waals surface area contributed by atoms with Gasteiger partial charge in [-0.15, -0.1) is 9.60 Å². The Kier molecular flexibility index (Phi) is 7.43. The third kappa shape index (κ3) is 4.77. The van der Waals surface area contributed by atoms with E-state index in [0.717, 1.165) is 0 Å². The number of carboxylic acids is 1. The molecule has 1 saturated heterocycles. The highest BCUT2D eigenvalue weighted by Crippen LogP contribution is 2.49. The number of fused-ring (bicyclic) bond motifs is 2. The Morgan fingerprint density at radius 3 is 2.52 bits per heavy atom. The number of Topliss-reactive ketones (excluding diaryl/α,β-unsaturated/α-hetero) is 1. The number of ketones is 1. The van der Waals surface area contributed by atoms with E-state index < -0.39 is 51.8 Å². The summed E-state index contributed by atoms with van der Waals surface area (Å²) in [5.74, 6) is -2.33. The second-order valence-electron chi connectivity index (χ2n) is 11.8. The van der Waals surface area contributed by atoms with Crippen molar-refractivity contribution in [3.05, 3.63) is 52.5 Å². The molecule has 11 heteroatoms. The first-order chi connectivity index (χ1) is 18.8. The number of halogens is 1. The first kappa shape index (κ1) is 28.5. The van der Waals surface area contributed by atoms with Crippen molar-refractivity contribution in [1.29, 1.82) is 0 Å². The third-order valence-electron chi connectivity index (χ3n) is 7.65. The highest BCUT2D eigenvalue weighted by Gasteiger charge is 2.62. The number of para-hydroxylation sites is 1. The Morgan fingerprint density at radius 2 is 1.85 bits per heavy atom. The van der Waals surface area contributed by atoms with Crippen molar-refractivity contribution in [3.63, 3.8) is 0 Å². The molecule has 0 saturated carbocycles. The normalized spacial score (nSPS) is 28.6. The molecule has 214 valence electrons. The molecule has 2 N–H and O–H groups in total. The Balaban J connectivity index is 1.78. The summed E-state index contributed by atoms with van der Waals surface area (Å²) in [6, 6.07) is 9.07. The highest BCUT2D eigenvalue weighted by atomic mass is 35.5. The van der Waals surface area contributed by atoms with E-state index >= 15 is 0 Å². The van der Waals surface area contributed by atoms with Crippen LogP contribution in [0.2, 0.25) is 5.02 Å². The molecule has 5 rings (SSSR count). The number of ether oxygens (including phenoxy) is 3. The number of rotatable bonds is 5. The average molecular weight is 574 g/mol. The molecule has 5 atom stereocenters. The number of hydrogen-bond acceptors (Lipinski definition) is 8. The number of quaternary nitrogens is 1. The van der Waals surface area contributed by atoms with E-state index in [1.807, 2.05) is 32.9 Å². The fourth-order valence-corrected chi connectivity index (χ4v) is 6.47. The molecule has 2 aromatic rings. The topological polar surface area (TPSA) is 123 Å². The van der Waals surface area contributed by atoms with Gasteiger partial charge in [-0.1, -0.05) is 44.5 Å². The zero-order valence-electron chi connectivity index (χ0n) is 22.9. The fraction of sp³-hybridized carbons (Fsp3) is 0.483. The predicted octanol–water partition coefficient (Wildman–Crippen LogP) is 3.36. The summed E-state index contributed by atoms with van der Waals surface area (Å²) in [5, 5.41) is 23.2. The first-order valence-corrected chi connectivity index (χ1v) is 13.6. The molecular weight excluding hydrogens is 540 g/mol. The van der Waals surface area contributed by atoms with Gasteiger partial charge < -0.3 is 24.4 Å². The van der Waals surface area contributed by atoms with Gasteiger partial charge in [0.25, 0.3) is 0 Å². The lowest BCUT2D eigenvalue weighted by Gasteiger charge is -2.45. The molecule has 2 aromatic carbocycles. The zero-order chi connectivity index (χ0) is 29.0. The Labute approximate surface area is 237 Å². The van der Waals surface area contributed by atoms with E-state index in [1.165, 1.54) is 11.9 Å². The summed E-state index contributed by atoms with van der Waals surface area (Å²) >= 11 is 6.52. The first-order valence-electron chi connectivity index (χ1n) is 13.2. The number of aliphatic hydroxyl groups excluding tert-OH is 1. The Morgan fingerprint density at radius 1 is 1.12 bits per heavy atom. The van der Waals surface area contributed by atoms with Gasteiger partial charge in [-0.2, -0.15) is 0 Å². The van der Waals surface area contributed by atoms with Crippen LogP contribution in [0.1, 0.15) is 44.9 Å². The summed E-state index contributed by atoms with van der Waals surface area (Å²) in [4.78, 5) is 39.7. The molecule has 1 fully saturated rings. The van der Waals surface area contributed by atoms with Gasteiger partial charge in [0.1, 0.15) is 31.6 Å². The second kappa shape index (κ2) is 10.4. The monoisotopic (exact) mass is 573 g/mol. The number of carboxylic acid groups (broad SMARTS) is 1. The number of amides is 1. The number of nitrogens with zero attached hydrogens (tertiary/aromatic N) is 2. The van der Waals surface area contributed by atoms with Gasteiger partial charge in [-0.05, 0) is 25.1 Å². The number of aliphatic carboxylic acids is 1. The fourth-order valence-electron chi connectivity index (χ4n) is 6.29. The van der Waals surface area contributed by atoms with Crippen molar-refractivity contribution in [3.8, 4) is 11.5 Å². The quantitative estimate of drug-likeness (QED) is 0.518. The summed E-state index contributed by atoms with van der Waals surface area (Å²) < 4.78 is 17.5. The maximum absolute atomic E-state index is 14.4. The molecular formula is C29H34ClN2O8+. The van der Waals surface area contributed by atoms with Crippen LogP contribution in [0.3, 0.4) is 0 Å². The average Bonchev–Trinajstić information content (AvgIpc) is 3.20. The lowest BCUT2D eigenvalue weighted by atomic mass is 9.92. The van der Waals surface area contributed by atoms with Crippen molar-refractivity contribution in [1.82, 2.24) is 9.60 Å². The van der Waals surface area contributed by atoms with E-state index in [1.54, 1.807) is 24.3 Å². The maximum atomic E-state index is 14.4. The van der Waals surface area contributed by atoms with Gasteiger partial charge in [0.05, 0.1) is 24.1 Å². The second-order valence-corrected chi connectivity index (χ2v) is 12.2. The van der Waals surface area contributed by atoms with Crippen LogP contribution < -0.4 is 14.1 Å². The van der Waals surface area contributed by atoms with Crippen LogP contribution in [-0.2, 0) is 19.1 Å². The van der Waals surface area contributed by atoms with E-state index in [4.69, 9.17) is 25.8 Å². The largest absolute Gasteiger partial charge is 0.486 e. The van der Waals surface area contributed by atoms with Crippen LogP contribution >= 0.6 is 11.6 Å². The summed E-state index contributed by atoms with van der Waals surface area (Å²) in [7, 11) is 0. The minimum Gasteiger partial charge on any atom is -0.486 e. The maximum Gasteiger partial charge on any atom is 0.363 e. The zero-order valence-corrected chi connectivity index (χ0v) is 23.7. The van der Waals surface area contributed by atoms with Gasteiger partial charge in [-0.25, -0.2) is 4.79 Å². The molecule has 1 amide bonds. The Hall–Kier alpha value is -3.02. The smallest absolute Gasteiger partial charge is 0.363 e. The molecule has 3 aliphatic heterocycles. The summed E-state index contributed by atoms with van der Waals surface area (Å²) in [5.41, 5.74) is 1.15. The van der Waals surface area contributed by atoms with Crippen LogP contribution in [0.15, 0.2) is 36.4 Å². The van der Waals surface area contributed by atoms with Crippen LogP contribution in [0.4, 0.5) is 5.69 Å². The molecule has 0 aliphatic carbocycles. The molecule has 0 unspecified atom stereocenters. The Bertz CT molecular complexity index is 1360. The van der Waals surface area contributed by atoms with Crippen LogP contribution in [-0.4, -0.2) is 77.9 Å². The highest BCUT2D eigenvalue weighted by molar-refractivity contribution is 6.30. The molecule has 0 bridgehead atoms. The van der Waals surface area contributed by atoms with Gasteiger partial charge in [-0.3, -0.25) is 9.59 Å². The van der Waals surface area contributed by atoms with Crippen LogP contribution in [0, 0.1) is 11.3 Å². The molecule has 3 aliphatic rings. The van der Waals surface area contributed by atoms with Crippen molar-refractivity contribution >= 4 is 34.9 Å². The number of hydrogen-bond donors (Lipinski definition) is 2. The number of carbonyl (C=O) groups excluding carboxylic acids is 2. The molecule has 0 radical (unpaired) electrons. The number of aliphatic hydroxyl groups is 1. The van der Waals surface area contributed by atoms with Crippen molar-refractivity contribution in [2.45, 2.75) is 45.9 Å². The molecule has 0 aromatic heterocycles. The van der Waals surface area contributed by atoms with Crippen molar-refractivity contribution in [2.75, 3.05) is 32.9 Å². The minimum atomic E-state index is -1.44. The molecule has 3 heterocycles.